The lowest BCUT2D eigenvalue weighted by Crippen LogP contribution is -2.15. The quantitative estimate of drug-likeness (QED) is 0.268. The van der Waals surface area contributed by atoms with Gasteiger partial charge in [-0.2, -0.15) is 0 Å². The molecule has 2 N–H and O–H groups in total. The highest BCUT2D eigenvalue weighted by Crippen LogP contribution is 2.39. The lowest BCUT2D eigenvalue weighted by atomic mass is 10.1. The van der Waals surface area contributed by atoms with Gasteiger partial charge in [0, 0.05) is 47.7 Å². The van der Waals surface area contributed by atoms with Crippen LogP contribution in [0.2, 0.25) is 0 Å². The van der Waals surface area contributed by atoms with Gasteiger partial charge in [-0.1, -0.05) is 0 Å². The molecule has 1 saturated carbocycles. The molecule has 4 aromatic rings. The first kappa shape index (κ1) is 26.9. The highest BCUT2D eigenvalue weighted by atomic mass is 19.1. The summed E-state index contributed by atoms with van der Waals surface area (Å²) >= 11 is 0. The first-order valence-electron chi connectivity index (χ1n) is 12.3. The summed E-state index contributed by atoms with van der Waals surface area (Å²) < 4.78 is 57.5. The highest BCUT2D eigenvalue weighted by molar-refractivity contribution is 6.06. The second-order valence-corrected chi connectivity index (χ2v) is 8.77. The van der Waals surface area contributed by atoms with Crippen LogP contribution < -0.4 is 29.0 Å². The van der Waals surface area contributed by atoms with E-state index in [1.165, 1.54) is 38.7 Å². The van der Waals surface area contributed by atoms with E-state index in [1.54, 1.807) is 12.1 Å². The summed E-state index contributed by atoms with van der Waals surface area (Å²) in [7, 11) is 2.87. The standard InChI is InChI=1S/C28H25F2N3O7/c1-36-24-11-17-21(12-25(24)38-8-7-34)31-6-5-22(17)40-27-19(29)9-15(10-20(27)30)33-28(35)18-14-32-26(37-2)13-23(18)39-16-3-4-16/h5-6,9-14,16,34H,3-4,7-8H2,1-2H3,(H,33,35). The van der Waals surface area contributed by atoms with Crippen LogP contribution >= 0.6 is 0 Å². The van der Waals surface area contributed by atoms with E-state index < -0.39 is 23.3 Å². The number of hydrogen-bond donors (Lipinski definition) is 2. The molecule has 0 bridgehead atoms. The number of aromatic nitrogens is 2. The smallest absolute Gasteiger partial charge is 0.261 e. The lowest BCUT2D eigenvalue weighted by molar-refractivity contribution is 0.102. The van der Waals surface area contributed by atoms with Crippen LogP contribution in [-0.2, 0) is 0 Å². The minimum atomic E-state index is -1.04. The number of aliphatic hydroxyl groups is 1. The summed E-state index contributed by atoms with van der Waals surface area (Å²) in [5.74, 6) is -2.13. The van der Waals surface area contributed by atoms with Crippen molar-refractivity contribution in [1.82, 2.24) is 9.97 Å². The van der Waals surface area contributed by atoms with E-state index in [-0.39, 0.29) is 47.9 Å². The monoisotopic (exact) mass is 553 g/mol. The molecule has 1 aliphatic carbocycles. The maximum Gasteiger partial charge on any atom is 0.261 e. The van der Waals surface area contributed by atoms with Crippen LogP contribution in [-0.4, -0.2) is 54.5 Å². The molecule has 1 fully saturated rings. The van der Waals surface area contributed by atoms with Gasteiger partial charge in [0.05, 0.1) is 32.4 Å². The predicted octanol–water partition coefficient (Wildman–Crippen LogP) is 4.88. The zero-order chi connectivity index (χ0) is 28.2. The molecule has 5 rings (SSSR count). The third-order valence-electron chi connectivity index (χ3n) is 5.92. The average molecular weight is 554 g/mol. The first-order valence-corrected chi connectivity index (χ1v) is 12.3. The number of hydrogen-bond acceptors (Lipinski definition) is 9. The maximum absolute atomic E-state index is 15.1. The van der Waals surface area contributed by atoms with Gasteiger partial charge in [0.15, 0.2) is 28.9 Å². The Morgan fingerprint density at radius 2 is 1.77 bits per heavy atom. The second kappa shape index (κ2) is 11.6. The van der Waals surface area contributed by atoms with Gasteiger partial charge in [-0.05, 0) is 25.0 Å². The SMILES string of the molecule is COc1cc(OC2CC2)c(C(=O)Nc2cc(F)c(Oc3ccnc4cc(OCCO)c(OC)cc34)c(F)c2)cn1. The summed E-state index contributed by atoms with van der Waals surface area (Å²) in [6.07, 6.45) is 4.41. The van der Waals surface area contributed by atoms with Crippen molar-refractivity contribution < 1.29 is 42.4 Å². The molecule has 208 valence electrons. The van der Waals surface area contributed by atoms with E-state index in [2.05, 4.69) is 15.3 Å². The number of nitrogens with zero attached hydrogens (tertiary/aromatic N) is 2. The Kier molecular flexibility index (Phi) is 7.78. The second-order valence-electron chi connectivity index (χ2n) is 8.77. The van der Waals surface area contributed by atoms with E-state index >= 15 is 8.78 Å². The van der Waals surface area contributed by atoms with Crippen LogP contribution in [0.15, 0.2) is 48.8 Å². The Bertz CT molecular complexity index is 1540. The average Bonchev–Trinajstić information content (AvgIpc) is 3.77. The molecule has 12 heteroatoms. The molecule has 0 radical (unpaired) electrons. The number of pyridine rings is 2. The van der Waals surface area contributed by atoms with Gasteiger partial charge < -0.3 is 34.1 Å². The van der Waals surface area contributed by atoms with Crippen LogP contribution in [0, 0.1) is 11.6 Å². The number of rotatable bonds is 11. The Hall–Kier alpha value is -4.71. The summed E-state index contributed by atoms with van der Waals surface area (Å²) in [4.78, 5) is 21.2. The summed E-state index contributed by atoms with van der Waals surface area (Å²) in [6, 6.07) is 7.94. The third kappa shape index (κ3) is 5.81. The number of anilines is 1. The van der Waals surface area contributed by atoms with Crippen molar-refractivity contribution in [1.29, 1.82) is 0 Å². The number of fused-ring (bicyclic) bond motifs is 1. The lowest BCUT2D eigenvalue weighted by Gasteiger charge is -2.15. The molecular weight excluding hydrogens is 528 g/mol. The normalized spacial score (nSPS) is 12.6. The van der Waals surface area contributed by atoms with Crippen molar-refractivity contribution in [2.24, 2.45) is 0 Å². The molecule has 1 aliphatic rings. The number of halogens is 2. The molecule has 2 heterocycles. The van der Waals surface area contributed by atoms with E-state index in [1.807, 2.05) is 0 Å². The fraction of sp³-hybridized carbons (Fsp3) is 0.250. The minimum Gasteiger partial charge on any atom is -0.493 e. The molecule has 0 spiro atoms. The van der Waals surface area contributed by atoms with E-state index in [4.69, 9.17) is 28.8 Å². The third-order valence-corrected chi connectivity index (χ3v) is 5.92. The Morgan fingerprint density at radius 3 is 2.45 bits per heavy atom. The molecule has 2 aromatic heterocycles. The number of nitrogens with one attached hydrogen (secondary N) is 1. The number of aliphatic hydroxyl groups excluding tert-OH is 1. The van der Waals surface area contributed by atoms with Crippen LogP contribution in [0.1, 0.15) is 23.2 Å². The number of carbonyl (C=O) groups is 1. The number of amides is 1. The Balaban J connectivity index is 1.39. The number of carbonyl (C=O) groups excluding carboxylic acids is 1. The van der Waals surface area contributed by atoms with Gasteiger partial charge >= 0.3 is 0 Å². The number of benzene rings is 2. The zero-order valence-electron chi connectivity index (χ0n) is 21.6. The van der Waals surface area contributed by atoms with Crippen molar-refractivity contribution in [3.63, 3.8) is 0 Å². The molecule has 0 saturated heterocycles. The highest BCUT2D eigenvalue weighted by Gasteiger charge is 2.27. The fourth-order valence-electron chi connectivity index (χ4n) is 3.85. The molecule has 2 aromatic carbocycles. The topological polar surface area (TPSA) is 121 Å². The molecule has 1 amide bonds. The van der Waals surface area contributed by atoms with Crippen molar-refractivity contribution in [2.45, 2.75) is 18.9 Å². The van der Waals surface area contributed by atoms with E-state index in [0.29, 0.717) is 22.4 Å². The van der Waals surface area contributed by atoms with E-state index in [9.17, 15) is 4.79 Å². The molecular formula is C28H25F2N3O7. The Morgan fingerprint density at radius 1 is 1.00 bits per heavy atom. The molecule has 0 atom stereocenters. The van der Waals surface area contributed by atoms with Crippen LogP contribution in [0.5, 0.6) is 34.6 Å². The van der Waals surface area contributed by atoms with Crippen molar-refractivity contribution in [3.05, 3.63) is 66.0 Å². The minimum absolute atomic E-state index is 0.00568. The van der Waals surface area contributed by atoms with Gasteiger partial charge in [-0.25, -0.2) is 13.8 Å². The zero-order valence-corrected chi connectivity index (χ0v) is 21.6. The van der Waals surface area contributed by atoms with Crippen LogP contribution in [0.4, 0.5) is 14.5 Å². The molecule has 10 nitrogen and oxygen atoms in total. The summed E-state index contributed by atoms with van der Waals surface area (Å²) in [6.45, 7) is -0.152. The number of ether oxygens (including phenoxy) is 5. The fourth-order valence-corrected chi connectivity index (χ4v) is 3.85. The van der Waals surface area contributed by atoms with Crippen molar-refractivity contribution >= 4 is 22.5 Å². The molecule has 40 heavy (non-hydrogen) atoms. The summed E-state index contributed by atoms with van der Waals surface area (Å²) in [5.41, 5.74) is 0.370. The van der Waals surface area contributed by atoms with Gasteiger partial charge in [0.1, 0.15) is 23.7 Å². The predicted molar refractivity (Wildman–Crippen MR) is 140 cm³/mol. The maximum atomic E-state index is 15.1. The van der Waals surface area contributed by atoms with Crippen molar-refractivity contribution in [3.8, 4) is 34.6 Å². The Labute approximate surface area is 227 Å². The van der Waals surface area contributed by atoms with Gasteiger partial charge in [0.2, 0.25) is 5.88 Å². The van der Waals surface area contributed by atoms with Gasteiger partial charge in [0.25, 0.3) is 5.91 Å². The first-order chi connectivity index (χ1) is 19.4. The largest absolute Gasteiger partial charge is 0.493 e. The van der Waals surface area contributed by atoms with Crippen LogP contribution in [0.3, 0.4) is 0 Å². The number of methoxy groups -OCH3 is 2. The van der Waals surface area contributed by atoms with Gasteiger partial charge in [-0.3, -0.25) is 9.78 Å². The van der Waals surface area contributed by atoms with Crippen LogP contribution in [0.25, 0.3) is 10.9 Å². The summed E-state index contributed by atoms with van der Waals surface area (Å²) in [5, 5.41) is 11.9. The molecule has 0 aliphatic heterocycles. The van der Waals surface area contributed by atoms with E-state index in [0.717, 1.165) is 25.0 Å². The molecule has 0 unspecified atom stereocenters. The van der Waals surface area contributed by atoms with Crippen molar-refractivity contribution in [2.75, 3.05) is 32.8 Å². The van der Waals surface area contributed by atoms with Gasteiger partial charge in [-0.15, -0.1) is 0 Å².